The van der Waals surface area contributed by atoms with Crippen LogP contribution in [0.2, 0.25) is 0 Å². The maximum atomic E-state index is 12.1. The highest BCUT2D eigenvalue weighted by molar-refractivity contribution is 7.79. The van der Waals surface area contributed by atoms with Crippen LogP contribution in [-0.2, 0) is 5.75 Å². The predicted octanol–water partition coefficient (Wildman–Crippen LogP) is 2.03. The molecule has 0 bridgehead atoms. The van der Waals surface area contributed by atoms with E-state index in [0.717, 1.165) is 0 Å². The highest BCUT2D eigenvalue weighted by Gasteiger charge is 2.13. The summed E-state index contributed by atoms with van der Waals surface area (Å²) >= 11 is 4.06. The zero-order chi connectivity index (χ0) is 11.4. The first-order valence-corrected chi connectivity index (χ1v) is 4.85. The molecule has 0 aliphatic carbocycles. The summed E-state index contributed by atoms with van der Waals surface area (Å²) in [5.74, 6) is 5.93. The molecule has 2 N–H and O–H groups in total. The molecule has 0 aromatic heterocycles. The van der Waals surface area contributed by atoms with Crippen molar-refractivity contribution in [2.24, 2.45) is 5.84 Å². The molecular formula is C9H12F2N2OS. The molecule has 0 aliphatic rings. The van der Waals surface area contributed by atoms with Crippen molar-refractivity contribution in [2.75, 3.05) is 12.1 Å². The van der Waals surface area contributed by atoms with Gasteiger partial charge in [0.1, 0.15) is 5.75 Å². The topological polar surface area (TPSA) is 38.5 Å². The first-order valence-electron chi connectivity index (χ1n) is 4.22. The fourth-order valence-corrected chi connectivity index (χ4v) is 1.57. The molecule has 1 aromatic carbocycles. The Kier molecular flexibility index (Phi) is 4.16. The molecule has 0 saturated carbocycles. The minimum Gasteiger partial charge on any atom is -0.434 e. The third kappa shape index (κ3) is 2.97. The standard InChI is InChI=1S/C9H12F2N2OS/c1-13(12)7-3-2-4-8(6(7)5-15)14-9(10)11/h2-4,9,15H,5,12H2,1H3. The summed E-state index contributed by atoms with van der Waals surface area (Å²) in [5.41, 5.74) is 1.16. The maximum absolute atomic E-state index is 12.1. The molecule has 3 nitrogen and oxygen atoms in total. The van der Waals surface area contributed by atoms with Crippen LogP contribution in [0.25, 0.3) is 0 Å². The van der Waals surface area contributed by atoms with Gasteiger partial charge in [0.05, 0.1) is 5.69 Å². The Morgan fingerprint density at radius 3 is 2.67 bits per heavy atom. The minimum absolute atomic E-state index is 0.106. The zero-order valence-corrected chi connectivity index (χ0v) is 9.05. The van der Waals surface area contributed by atoms with E-state index >= 15 is 0 Å². The molecule has 0 aliphatic heterocycles. The van der Waals surface area contributed by atoms with Crippen molar-refractivity contribution < 1.29 is 13.5 Å². The summed E-state index contributed by atoms with van der Waals surface area (Å²) in [4.78, 5) is 0. The van der Waals surface area contributed by atoms with Crippen LogP contribution in [0.3, 0.4) is 0 Å². The Bertz CT molecular complexity index is 334. The van der Waals surface area contributed by atoms with Gasteiger partial charge in [0.2, 0.25) is 0 Å². The van der Waals surface area contributed by atoms with Crippen LogP contribution in [0, 0.1) is 0 Å². The molecule has 0 radical (unpaired) electrons. The number of thiol groups is 1. The van der Waals surface area contributed by atoms with Gasteiger partial charge in [-0.05, 0) is 12.1 Å². The van der Waals surface area contributed by atoms with Crippen LogP contribution >= 0.6 is 12.6 Å². The molecule has 0 saturated heterocycles. The third-order valence-corrected chi connectivity index (χ3v) is 2.18. The number of anilines is 1. The molecule has 1 aromatic rings. The Balaban J connectivity index is 3.10. The number of hydrogen-bond donors (Lipinski definition) is 2. The Labute approximate surface area is 92.2 Å². The summed E-state index contributed by atoms with van der Waals surface area (Å²) in [7, 11) is 1.62. The quantitative estimate of drug-likeness (QED) is 0.475. The van der Waals surface area contributed by atoms with Crippen molar-refractivity contribution in [1.29, 1.82) is 0 Å². The van der Waals surface area contributed by atoms with E-state index in [4.69, 9.17) is 5.84 Å². The monoisotopic (exact) mass is 234 g/mol. The summed E-state index contributed by atoms with van der Waals surface area (Å²) in [5, 5.41) is 1.34. The average Bonchev–Trinajstić information content (AvgIpc) is 2.16. The maximum Gasteiger partial charge on any atom is 0.387 e. The van der Waals surface area contributed by atoms with Gasteiger partial charge in [0.15, 0.2) is 0 Å². The van der Waals surface area contributed by atoms with Crippen LogP contribution in [0.1, 0.15) is 5.56 Å². The van der Waals surface area contributed by atoms with Gasteiger partial charge in [-0.25, -0.2) is 5.84 Å². The Hall–Kier alpha value is -1.01. The van der Waals surface area contributed by atoms with E-state index in [0.29, 0.717) is 11.3 Å². The second kappa shape index (κ2) is 5.18. The Morgan fingerprint density at radius 1 is 1.53 bits per heavy atom. The lowest BCUT2D eigenvalue weighted by Crippen LogP contribution is -2.26. The fraction of sp³-hybridized carbons (Fsp3) is 0.333. The zero-order valence-electron chi connectivity index (χ0n) is 8.15. The SMILES string of the molecule is CN(N)c1cccc(OC(F)F)c1CS. The van der Waals surface area contributed by atoms with Gasteiger partial charge in [0, 0.05) is 18.4 Å². The fourth-order valence-electron chi connectivity index (χ4n) is 1.25. The molecule has 6 heteroatoms. The van der Waals surface area contributed by atoms with E-state index in [1.807, 2.05) is 0 Å². The Morgan fingerprint density at radius 2 is 2.20 bits per heavy atom. The van der Waals surface area contributed by atoms with Gasteiger partial charge in [-0.2, -0.15) is 21.4 Å². The van der Waals surface area contributed by atoms with E-state index in [1.54, 1.807) is 19.2 Å². The molecule has 15 heavy (non-hydrogen) atoms. The predicted molar refractivity (Wildman–Crippen MR) is 58.4 cm³/mol. The second-order valence-corrected chi connectivity index (χ2v) is 3.22. The number of nitrogens with two attached hydrogens (primary N) is 1. The van der Waals surface area contributed by atoms with Gasteiger partial charge in [0.25, 0.3) is 0 Å². The highest BCUT2D eigenvalue weighted by atomic mass is 32.1. The van der Waals surface area contributed by atoms with Crippen molar-refractivity contribution in [3.8, 4) is 5.75 Å². The van der Waals surface area contributed by atoms with Crippen molar-refractivity contribution in [1.82, 2.24) is 0 Å². The van der Waals surface area contributed by atoms with Crippen LogP contribution < -0.4 is 15.6 Å². The molecule has 0 fully saturated rings. The normalized spacial score (nSPS) is 10.5. The van der Waals surface area contributed by atoms with E-state index < -0.39 is 6.61 Å². The van der Waals surface area contributed by atoms with Crippen LogP contribution in [0.5, 0.6) is 5.75 Å². The highest BCUT2D eigenvalue weighted by Crippen LogP contribution is 2.30. The van der Waals surface area contributed by atoms with E-state index in [9.17, 15) is 8.78 Å². The van der Waals surface area contributed by atoms with Gasteiger partial charge >= 0.3 is 6.61 Å². The molecule has 0 amide bonds. The number of nitrogens with zero attached hydrogens (tertiary/aromatic N) is 1. The van der Waals surface area contributed by atoms with Gasteiger partial charge in [-0.15, -0.1) is 0 Å². The van der Waals surface area contributed by atoms with Crippen LogP contribution in [0.4, 0.5) is 14.5 Å². The van der Waals surface area contributed by atoms with Gasteiger partial charge in [-0.1, -0.05) is 6.07 Å². The first kappa shape index (κ1) is 12.1. The number of hydrazine groups is 1. The van der Waals surface area contributed by atoms with Gasteiger partial charge < -0.3 is 9.75 Å². The summed E-state index contributed by atoms with van der Waals surface area (Å²) < 4.78 is 28.5. The number of rotatable bonds is 4. The van der Waals surface area contributed by atoms with Gasteiger partial charge in [-0.3, -0.25) is 0 Å². The lowest BCUT2D eigenvalue weighted by atomic mass is 10.2. The molecule has 0 unspecified atom stereocenters. The summed E-state index contributed by atoms with van der Waals surface area (Å²) in [6, 6.07) is 4.78. The lowest BCUT2D eigenvalue weighted by Gasteiger charge is -2.18. The largest absolute Gasteiger partial charge is 0.434 e. The van der Waals surface area contributed by atoms with E-state index in [2.05, 4.69) is 17.4 Å². The average molecular weight is 234 g/mol. The molecular weight excluding hydrogens is 222 g/mol. The lowest BCUT2D eigenvalue weighted by molar-refractivity contribution is -0.0502. The van der Waals surface area contributed by atoms with Crippen molar-refractivity contribution in [3.05, 3.63) is 23.8 Å². The van der Waals surface area contributed by atoms with Crippen LogP contribution in [-0.4, -0.2) is 13.7 Å². The number of hydrogen-bond acceptors (Lipinski definition) is 4. The summed E-state index contributed by atoms with van der Waals surface area (Å²) in [6.45, 7) is -2.85. The number of ether oxygens (including phenoxy) is 1. The first-order chi connectivity index (χ1) is 7.06. The van der Waals surface area contributed by atoms with E-state index in [-0.39, 0.29) is 11.5 Å². The van der Waals surface area contributed by atoms with Crippen molar-refractivity contribution in [3.63, 3.8) is 0 Å². The number of benzene rings is 1. The molecule has 1 rings (SSSR count). The molecule has 0 spiro atoms. The van der Waals surface area contributed by atoms with Crippen molar-refractivity contribution >= 4 is 18.3 Å². The summed E-state index contributed by atoms with van der Waals surface area (Å²) in [6.07, 6.45) is 0. The molecule has 0 atom stereocenters. The minimum atomic E-state index is -2.85. The number of alkyl halides is 2. The second-order valence-electron chi connectivity index (χ2n) is 2.90. The van der Waals surface area contributed by atoms with Crippen LogP contribution in [0.15, 0.2) is 18.2 Å². The van der Waals surface area contributed by atoms with Crippen molar-refractivity contribution in [2.45, 2.75) is 12.4 Å². The number of halogens is 2. The smallest absolute Gasteiger partial charge is 0.387 e. The third-order valence-electron chi connectivity index (χ3n) is 1.86. The van der Waals surface area contributed by atoms with E-state index in [1.165, 1.54) is 11.1 Å². The molecule has 0 heterocycles. The molecule has 84 valence electrons.